The average molecular weight is 246 g/mol. The number of carboxylic acid groups (broad SMARTS) is 2. The monoisotopic (exact) mass is 246 g/mol. The zero-order valence-corrected chi connectivity index (χ0v) is 9.52. The van der Waals surface area contributed by atoms with Crippen molar-refractivity contribution >= 4 is 17.8 Å². The predicted octanol–water partition coefficient (Wildman–Crippen LogP) is -0.450. The van der Waals surface area contributed by atoms with Gasteiger partial charge in [-0.05, 0) is 19.3 Å². The Morgan fingerprint density at radius 1 is 1.12 bits per heavy atom. The van der Waals surface area contributed by atoms with E-state index in [0.717, 1.165) is 0 Å². The van der Waals surface area contributed by atoms with Crippen molar-refractivity contribution < 1.29 is 24.6 Å². The summed E-state index contributed by atoms with van der Waals surface area (Å²) in [7, 11) is 0. The first kappa shape index (κ1) is 15.4. The van der Waals surface area contributed by atoms with Crippen LogP contribution in [0.3, 0.4) is 0 Å². The van der Waals surface area contributed by atoms with E-state index in [9.17, 15) is 14.4 Å². The van der Waals surface area contributed by atoms with Gasteiger partial charge >= 0.3 is 11.9 Å². The summed E-state index contributed by atoms with van der Waals surface area (Å²) in [6.45, 7) is 0.408. The van der Waals surface area contributed by atoms with E-state index < -0.39 is 18.0 Å². The first-order chi connectivity index (χ1) is 7.93. The molecule has 0 aliphatic heterocycles. The molecule has 0 unspecified atom stereocenters. The fourth-order valence-corrected chi connectivity index (χ4v) is 1.15. The first-order valence-corrected chi connectivity index (χ1v) is 5.40. The molecule has 0 aliphatic carbocycles. The highest BCUT2D eigenvalue weighted by atomic mass is 16.4. The van der Waals surface area contributed by atoms with E-state index in [0.29, 0.717) is 25.8 Å². The second-order valence-electron chi connectivity index (χ2n) is 3.68. The molecule has 17 heavy (non-hydrogen) atoms. The molecule has 0 saturated heterocycles. The molecular formula is C10H18N2O5. The number of rotatable bonds is 9. The second-order valence-corrected chi connectivity index (χ2v) is 3.68. The van der Waals surface area contributed by atoms with Gasteiger partial charge in [0.25, 0.3) is 0 Å². The molecule has 7 nitrogen and oxygen atoms in total. The summed E-state index contributed by atoms with van der Waals surface area (Å²) < 4.78 is 0. The van der Waals surface area contributed by atoms with Gasteiger partial charge in [0, 0.05) is 13.0 Å². The van der Waals surface area contributed by atoms with Gasteiger partial charge in [0.05, 0.1) is 6.42 Å². The number of hydrogen-bond donors (Lipinski definition) is 4. The third-order valence-corrected chi connectivity index (χ3v) is 2.15. The van der Waals surface area contributed by atoms with E-state index in [1.807, 2.05) is 0 Å². The van der Waals surface area contributed by atoms with Crippen molar-refractivity contribution in [2.24, 2.45) is 5.73 Å². The fourth-order valence-electron chi connectivity index (χ4n) is 1.15. The second kappa shape index (κ2) is 8.51. The number of carbonyl (C=O) groups is 3. The van der Waals surface area contributed by atoms with Crippen LogP contribution in [0.4, 0.5) is 0 Å². The summed E-state index contributed by atoms with van der Waals surface area (Å²) in [4.78, 5) is 31.6. The average Bonchev–Trinajstić information content (AvgIpc) is 2.25. The number of aliphatic carboxylic acids is 2. The van der Waals surface area contributed by atoms with Gasteiger partial charge in [-0.3, -0.25) is 14.4 Å². The Kier molecular flexibility index (Phi) is 7.70. The van der Waals surface area contributed by atoms with Gasteiger partial charge in [-0.15, -0.1) is 0 Å². The third-order valence-electron chi connectivity index (χ3n) is 2.15. The zero-order valence-electron chi connectivity index (χ0n) is 9.52. The van der Waals surface area contributed by atoms with Gasteiger partial charge in [-0.25, -0.2) is 0 Å². The number of nitrogens with one attached hydrogen (secondary N) is 1. The fraction of sp³-hybridized carbons (Fsp3) is 0.700. The smallest absolute Gasteiger partial charge is 0.320 e. The lowest BCUT2D eigenvalue weighted by molar-refractivity contribution is -0.139. The number of amides is 1. The molecule has 0 aromatic rings. The number of unbranched alkanes of at least 4 members (excludes halogenated alkanes) is 1. The maximum absolute atomic E-state index is 11.1. The molecule has 0 radical (unpaired) electrons. The van der Waals surface area contributed by atoms with Crippen LogP contribution in [0.25, 0.3) is 0 Å². The lowest BCUT2D eigenvalue weighted by Crippen LogP contribution is -2.30. The maximum Gasteiger partial charge on any atom is 0.320 e. The molecule has 0 heterocycles. The topological polar surface area (TPSA) is 130 Å². The summed E-state index contributed by atoms with van der Waals surface area (Å²) in [5.41, 5.74) is 5.29. The Morgan fingerprint density at radius 2 is 1.76 bits per heavy atom. The van der Waals surface area contributed by atoms with Crippen LogP contribution in [0.5, 0.6) is 0 Å². The molecule has 0 saturated carbocycles. The number of carbonyl (C=O) groups excluding carboxylic acids is 1. The minimum Gasteiger partial charge on any atom is -0.481 e. The Labute approximate surface area is 99.0 Å². The van der Waals surface area contributed by atoms with Crippen molar-refractivity contribution in [1.82, 2.24) is 5.32 Å². The van der Waals surface area contributed by atoms with Gasteiger partial charge in [0.1, 0.15) is 6.04 Å². The van der Waals surface area contributed by atoms with Crippen LogP contribution in [-0.2, 0) is 14.4 Å². The molecule has 0 fully saturated rings. The van der Waals surface area contributed by atoms with E-state index in [4.69, 9.17) is 15.9 Å². The molecule has 0 aliphatic rings. The zero-order chi connectivity index (χ0) is 13.3. The first-order valence-electron chi connectivity index (χ1n) is 5.40. The van der Waals surface area contributed by atoms with Crippen LogP contribution >= 0.6 is 0 Å². The molecule has 1 amide bonds. The Hall–Kier alpha value is -1.63. The Balaban J connectivity index is 3.42. The van der Waals surface area contributed by atoms with Crippen LogP contribution in [0.1, 0.15) is 32.1 Å². The molecule has 0 spiro atoms. The van der Waals surface area contributed by atoms with Gasteiger partial charge in [-0.1, -0.05) is 0 Å². The van der Waals surface area contributed by atoms with Crippen molar-refractivity contribution in [2.75, 3.05) is 6.54 Å². The van der Waals surface area contributed by atoms with Crippen molar-refractivity contribution in [3.8, 4) is 0 Å². The van der Waals surface area contributed by atoms with E-state index >= 15 is 0 Å². The Bertz CT molecular complexity index is 280. The van der Waals surface area contributed by atoms with Crippen molar-refractivity contribution in [1.29, 1.82) is 0 Å². The van der Waals surface area contributed by atoms with E-state index in [1.165, 1.54) is 0 Å². The predicted molar refractivity (Wildman–Crippen MR) is 59.3 cm³/mol. The highest BCUT2D eigenvalue weighted by molar-refractivity contribution is 5.80. The molecule has 0 aromatic heterocycles. The molecule has 0 aromatic carbocycles. The van der Waals surface area contributed by atoms with Crippen LogP contribution in [-0.4, -0.2) is 40.6 Å². The van der Waals surface area contributed by atoms with Crippen molar-refractivity contribution in [3.05, 3.63) is 0 Å². The largest absolute Gasteiger partial charge is 0.481 e. The summed E-state index contributed by atoms with van der Waals surface area (Å²) in [5, 5.41) is 19.4. The third kappa shape index (κ3) is 9.31. The normalized spacial score (nSPS) is 11.8. The molecule has 0 rings (SSSR count). The van der Waals surface area contributed by atoms with Gasteiger partial charge in [0.15, 0.2) is 0 Å². The maximum atomic E-state index is 11.1. The summed E-state index contributed by atoms with van der Waals surface area (Å²) in [6, 6.07) is -0.863. The van der Waals surface area contributed by atoms with Crippen LogP contribution in [0.2, 0.25) is 0 Å². The summed E-state index contributed by atoms with van der Waals surface area (Å²) >= 11 is 0. The van der Waals surface area contributed by atoms with Gasteiger partial charge in [-0.2, -0.15) is 0 Å². The lowest BCUT2D eigenvalue weighted by atomic mass is 10.1. The van der Waals surface area contributed by atoms with E-state index in [-0.39, 0.29) is 18.7 Å². The quantitative estimate of drug-likeness (QED) is 0.408. The molecule has 1 atom stereocenters. The summed E-state index contributed by atoms with van der Waals surface area (Å²) in [5.74, 6) is -2.35. The van der Waals surface area contributed by atoms with Crippen molar-refractivity contribution in [3.63, 3.8) is 0 Å². The molecular weight excluding hydrogens is 228 g/mol. The van der Waals surface area contributed by atoms with Crippen molar-refractivity contribution in [2.45, 2.75) is 38.1 Å². The van der Waals surface area contributed by atoms with Crippen LogP contribution in [0.15, 0.2) is 0 Å². The minimum atomic E-state index is -1.03. The Morgan fingerprint density at radius 3 is 2.29 bits per heavy atom. The van der Waals surface area contributed by atoms with Crippen LogP contribution in [0, 0.1) is 0 Å². The molecule has 7 heteroatoms. The minimum absolute atomic E-state index is 0.0377. The lowest BCUT2D eigenvalue weighted by Gasteiger charge is -2.06. The molecule has 5 N–H and O–H groups in total. The van der Waals surface area contributed by atoms with E-state index in [1.54, 1.807) is 0 Å². The SMILES string of the molecule is N[C@@H](CCCCNC(=O)CCC(=O)O)C(=O)O. The van der Waals surface area contributed by atoms with Gasteiger partial charge < -0.3 is 21.3 Å². The highest BCUT2D eigenvalue weighted by Gasteiger charge is 2.10. The highest BCUT2D eigenvalue weighted by Crippen LogP contribution is 1.98. The molecule has 0 bridgehead atoms. The summed E-state index contributed by atoms with van der Waals surface area (Å²) in [6.07, 6.45) is 1.37. The van der Waals surface area contributed by atoms with Crippen LogP contribution < -0.4 is 11.1 Å². The standard InChI is InChI=1S/C10H18N2O5/c11-7(10(16)17)3-1-2-6-12-8(13)4-5-9(14)15/h7H,1-6,11H2,(H,12,13)(H,14,15)(H,16,17)/t7-/m0/s1. The number of carboxylic acids is 2. The van der Waals surface area contributed by atoms with Gasteiger partial charge in [0.2, 0.25) is 5.91 Å². The van der Waals surface area contributed by atoms with E-state index in [2.05, 4.69) is 5.32 Å². The number of hydrogen-bond acceptors (Lipinski definition) is 4. The molecule has 98 valence electrons. The number of nitrogens with two attached hydrogens (primary N) is 1.